The van der Waals surface area contributed by atoms with Crippen molar-refractivity contribution < 1.29 is 4.74 Å². The number of para-hydroxylation sites is 2. The van der Waals surface area contributed by atoms with Crippen molar-refractivity contribution in [2.45, 2.75) is 24.9 Å². The minimum atomic E-state index is 0.0439. The van der Waals surface area contributed by atoms with Gasteiger partial charge >= 0.3 is 0 Å². The van der Waals surface area contributed by atoms with Crippen molar-refractivity contribution in [2.75, 3.05) is 24.7 Å². The zero-order chi connectivity index (χ0) is 10.7. The molecule has 0 unspecified atom stereocenters. The van der Waals surface area contributed by atoms with Crippen LogP contribution in [0.5, 0.6) is 0 Å². The molecule has 1 aromatic rings. The fraction of sp³-hybridized carbons (Fsp3) is 0.500. The number of benzene rings is 1. The van der Waals surface area contributed by atoms with Gasteiger partial charge in [-0.05, 0) is 31.4 Å². The van der Waals surface area contributed by atoms with E-state index >= 15 is 0 Å². The minimum absolute atomic E-state index is 0.0439. The summed E-state index contributed by atoms with van der Waals surface area (Å²) in [5.74, 6) is 0. The lowest BCUT2D eigenvalue weighted by molar-refractivity contribution is -0.0601. The molecule has 0 atom stereocenters. The predicted molar refractivity (Wildman–Crippen MR) is 62.9 cm³/mol. The Hall–Kier alpha value is -1.22. The average Bonchev–Trinajstić information content (AvgIpc) is 2.19. The predicted octanol–water partition coefficient (Wildman–Crippen LogP) is 2.25. The number of nitrogens with one attached hydrogen (secondary N) is 1. The van der Waals surface area contributed by atoms with Crippen LogP contribution in [0, 0.1) is 0 Å². The van der Waals surface area contributed by atoms with Gasteiger partial charge in [0, 0.05) is 13.7 Å². The molecule has 0 heterocycles. The zero-order valence-electron chi connectivity index (χ0n) is 9.12. The Balaban J connectivity index is 1.95. The summed E-state index contributed by atoms with van der Waals surface area (Å²) in [6.07, 6.45) is 3.55. The van der Waals surface area contributed by atoms with Crippen molar-refractivity contribution in [3.63, 3.8) is 0 Å². The summed E-state index contributed by atoms with van der Waals surface area (Å²) in [6, 6.07) is 7.83. The first-order valence-corrected chi connectivity index (χ1v) is 5.39. The molecule has 0 bridgehead atoms. The summed E-state index contributed by atoms with van der Waals surface area (Å²) in [5.41, 5.74) is 7.69. The van der Waals surface area contributed by atoms with Gasteiger partial charge in [-0.15, -0.1) is 0 Å². The van der Waals surface area contributed by atoms with Crippen molar-refractivity contribution in [3.8, 4) is 0 Å². The number of anilines is 2. The summed E-state index contributed by atoms with van der Waals surface area (Å²) in [5, 5.41) is 3.36. The van der Waals surface area contributed by atoms with Gasteiger partial charge in [0.15, 0.2) is 0 Å². The molecule has 0 aromatic heterocycles. The SMILES string of the molecule is COC1(CNc2ccccc2N)CCC1. The van der Waals surface area contributed by atoms with Crippen LogP contribution < -0.4 is 11.1 Å². The molecular weight excluding hydrogens is 188 g/mol. The molecule has 3 N–H and O–H groups in total. The Kier molecular flexibility index (Phi) is 2.82. The van der Waals surface area contributed by atoms with Crippen LogP contribution in [0.15, 0.2) is 24.3 Å². The van der Waals surface area contributed by atoms with Crippen LogP contribution in [-0.4, -0.2) is 19.3 Å². The van der Waals surface area contributed by atoms with Gasteiger partial charge in [-0.1, -0.05) is 12.1 Å². The number of rotatable bonds is 4. The van der Waals surface area contributed by atoms with Crippen LogP contribution >= 0.6 is 0 Å². The standard InChI is InChI=1S/C12H18N2O/c1-15-12(7-4-8-12)9-14-11-6-3-2-5-10(11)13/h2-3,5-6,14H,4,7-9,13H2,1H3. The van der Waals surface area contributed by atoms with Crippen LogP contribution in [0.2, 0.25) is 0 Å². The number of nitrogen functional groups attached to an aromatic ring is 1. The van der Waals surface area contributed by atoms with E-state index in [0.29, 0.717) is 0 Å². The van der Waals surface area contributed by atoms with E-state index in [9.17, 15) is 0 Å². The average molecular weight is 206 g/mol. The van der Waals surface area contributed by atoms with Crippen LogP contribution in [0.4, 0.5) is 11.4 Å². The van der Waals surface area contributed by atoms with Crippen molar-refractivity contribution in [3.05, 3.63) is 24.3 Å². The lowest BCUT2D eigenvalue weighted by Gasteiger charge is -2.40. The molecule has 1 aliphatic rings. The smallest absolute Gasteiger partial charge is 0.0850 e. The molecule has 3 nitrogen and oxygen atoms in total. The van der Waals surface area contributed by atoms with E-state index in [0.717, 1.165) is 30.8 Å². The summed E-state index contributed by atoms with van der Waals surface area (Å²) in [6.45, 7) is 0.845. The minimum Gasteiger partial charge on any atom is -0.397 e. The third-order valence-corrected chi connectivity index (χ3v) is 3.26. The van der Waals surface area contributed by atoms with Gasteiger partial charge < -0.3 is 15.8 Å². The third-order valence-electron chi connectivity index (χ3n) is 3.26. The Labute approximate surface area is 90.6 Å². The Morgan fingerprint density at radius 1 is 1.40 bits per heavy atom. The highest BCUT2D eigenvalue weighted by Crippen LogP contribution is 2.35. The number of hydrogen-bond donors (Lipinski definition) is 2. The first-order chi connectivity index (χ1) is 7.26. The van der Waals surface area contributed by atoms with E-state index in [-0.39, 0.29) is 5.60 Å². The number of methoxy groups -OCH3 is 1. The van der Waals surface area contributed by atoms with Gasteiger partial charge in [0.25, 0.3) is 0 Å². The molecule has 0 saturated heterocycles. The summed E-state index contributed by atoms with van der Waals surface area (Å²) >= 11 is 0. The van der Waals surface area contributed by atoms with Gasteiger partial charge in [0.05, 0.1) is 17.0 Å². The monoisotopic (exact) mass is 206 g/mol. The Bertz CT molecular complexity index is 329. The maximum atomic E-state index is 5.85. The van der Waals surface area contributed by atoms with Gasteiger partial charge in [0.2, 0.25) is 0 Å². The molecular formula is C12H18N2O. The van der Waals surface area contributed by atoms with E-state index in [4.69, 9.17) is 10.5 Å². The fourth-order valence-electron chi connectivity index (χ4n) is 1.94. The maximum Gasteiger partial charge on any atom is 0.0850 e. The normalized spacial score (nSPS) is 18.2. The van der Waals surface area contributed by atoms with Crippen molar-refractivity contribution in [2.24, 2.45) is 0 Å². The second-order valence-corrected chi connectivity index (χ2v) is 4.18. The van der Waals surface area contributed by atoms with E-state index in [1.165, 1.54) is 6.42 Å². The topological polar surface area (TPSA) is 47.3 Å². The first kappa shape index (κ1) is 10.3. The Morgan fingerprint density at radius 2 is 2.13 bits per heavy atom. The second kappa shape index (κ2) is 4.11. The largest absolute Gasteiger partial charge is 0.397 e. The molecule has 82 valence electrons. The molecule has 0 radical (unpaired) electrons. The van der Waals surface area contributed by atoms with Crippen LogP contribution in [0.1, 0.15) is 19.3 Å². The number of nitrogens with two attached hydrogens (primary N) is 1. The molecule has 2 rings (SSSR count). The highest BCUT2D eigenvalue weighted by Gasteiger charge is 2.36. The quantitative estimate of drug-likeness (QED) is 0.743. The summed E-state index contributed by atoms with van der Waals surface area (Å²) < 4.78 is 5.53. The van der Waals surface area contributed by atoms with Gasteiger partial charge in [-0.3, -0.25) is 0 Å². The summed E-state index contributed by atoms with van der Waals surface area (Å²) in [7, 11) is 1.79. The molecule has 15 heavy (non-hydrogen) atoms. The zero-order valence-corrected chi connectivity index (χ0v) is 9.12. The molecule has 0 amide bonds. The lowest BCUT2D eigenvalue weighted by atomic mass is 9.80. The lowest BCUT2D eigenvalue weighted by Crippen LogP contribution is -2.45. The highest BCUT2D eigenvalue weighted by atomic mass is 16.5. The van der Waals surface area contributed by atoms with E-state index in [1.54, 1.807) is 7.11 Å². The van der Waals surface area contributed by atoms with Gasteiger partial charge in [-0.25, -0.2) is 0 Å². The maximum absolute atomic E-state index is 5.85. The highest BCUT2D eigenvalue weighted by molar-refractivity contribution is 5.65. The van der Waals surface area contributed by atoms with Gasteiger partial charge in [0.1, 0.15) is 0 Å². The van der Waals surface area contributed by atoms with E-state index < -0.39 is 0 Å². The molecule has 0 spiro atoms. The molecule has 1 aliphatic carbocycles. The van der Waals surface area contributed by atoms with Crippen molar-refractivity contribution in [1.29, 1.82) is 0 Å². The third kappa shape index (κ3) is 2.07. The number of hydrogen-bond acceptors (Lipinski definition) is 3. The number of ether oxygens (including phenoxy) is 1. The first-order valence-electron chi connectivity index (χ1n) is 5.39. The fourth-order valence-corrected chi connectivity index (χ4v) is 1.94. The van der Waals surface area contributed by atoms with Crippen LogP contribution in [0.3, 0.4) is 0 Å². The molecule has 1 aromatic carbocycles. The van der Waals surface area contributed by atoms with Gasteiger partial charge in [-0.2, -0.15) is 0 Å². The molecule has 0 aliphatic heterocycles. The second-order valence-electron chi connectivity index (χ2n) is 4.18. The van der Waals surface area contributed by atoms with Crippen molar-refractivity contribution in [1.82, 2.24) is 0 Å². The Morgan fingerprint density at radius 3 is 2.67 bits per heavy atom. The molecule has 1 saturated carbocycles. The van der Waals surface area contributed by atoms with E-state index in [2.05, 4.69) is 5.32 Å². The molecule has 3 heteroatoms. The summed E-state index contributed by atoms with van der Waals surface area (Å²) in [4.78, 5) is 0. The van der Waals surface area contributed by atoms with Crippen LogP contribution in [-0.2, 0) is 4.74 Å². The van der Waals surface area contributed by atoms with Crippen LogP contribution in [0.25, 0.3) is 0 Å². The molecule has 1 fully saturated rings. The van der Waals surface area contributed by atoms with E-state index in [1.807, 2.05) is 24.3 Å². The van der Waals surface area contributed by atoms with Crippen molar-refractivity contribution >= 4 is 11.4 Å².